The van der Waals surface area contributed by atoms with E-state index in [9.17, 15) is 4.79 Å². The number of carbonyl (C=O) groups is 1. The van der Waals surface area contributed by atoms with E-state index in [0.29, 0.717) is 12.6 Å². The smallest absolute Gasteiger partial charge is 0.310 e. The summed E-state index contributed by atoms with van der Waals surface area (Å²) in [6.07, 6.45) is 1.02. The standard InChI is InChI=1S/C15H23NO3/c1-4-14(10-19-3)16-9-12-5-7-13(8-6-12)11(2)15(17)18/h5-8,11,14,16H,4,9-10H2,1-3H3,(H,17,18). The zero-order valence-corrected chi connectivity index (χ0v) is 11.8. The molecule has 2 atom stereocenters. The van der Waals surface area contributed by atoms with Crippen LogP contribution in [-0.4, -0.2) is 30.8 Å². The van der Waals surface area contributed by atoms with Crippen LogP contribution in [-0.2, 0) is 16.1 Å². The maximum atomic E-state index is 10.9. The van der Waals surface area contributed by atoms with Crippen LogP contribution >= 0.6 is 0 Å². The number of carboxylic acid groups (broad SMARTS) is 1. The van der Waals surface area contributed by atoms with Crippen LogP contribution < -0.4 is 5.32 Å². The highest BCUT2D eigenvalue weighted by atomic mass is 16.5. The molecule has 0 bridgehead atoms. The second kappa shape index (κ2) is 7.92. The average molecular weight is 265 g/mol. The molecule has 0 aliphatic rings. The summed E-state index contributed by atoms with van der Waals surface area (Å²) in [6, 6.07) is 8.06. The van der Waals surface area contributed by atoms with Gasteiger partial charge in [-0.15, -0.1) is 0 Å². The Balaban J connectivity index is 2.54. The molecule has 0 heterocycles. The Hall–Kier alpha value is -1.39. The highest BCUT2D eigenvalue weighted by Gasteiger charge is 2.13. The lowest BCUT2D eigenvalue weighted by Crippen LogP contribution is -2.31. The first-order valence-electron chi connectivity index (χ1n) is 6.62. The van der Waals surface area contributed by atoms with Crippen molar-refractivity contribution in [3.05, 3.63) is 35.4 Å². The summed E-state index contributed by atoms with van der Waals surface area (Å²) < 4.78 is 5.13. The Morgan fingerprint density at radius 3 is 2.47 bits per heavy atom. The van der Waals surface area contributed by atoms with E-state index in [0.717, 1.165) is 24.1 Å². The number of nitrogens with one attached hydrogen (secondary N) is 1. The van der Waals surface area contributed by atoms with Crippen LogP contribution in [0.3, 0.4) is 0 Å². The van der Waals surface area contributed by atoms with Gasteiger partial charge in [-0.2, -0.15) is 0 Å². The summed E-state index contributed by atoms with van der Waals surface area (Å²) in [6.45, 7) is 5.28. The van der Waals surface area contributed by atoms with Crippen molar-refractivity contribution in [2.45, 2.75) is 38.8 Å². The summed E-state index contributed by atoms with van der Waals surface area (Å²) in [5.41, 5.74) is 1.98. The normalized spacial score (nSPS) is 14.1. The van der Waals surface area contributed by atoms with Gasteiger partial charge >= 0.3 is 5.97 Å². The Bertz CT molecular complexity index is 389. The average Bonchev–Trinajstić information content (AvgIpc) is 2.43. The van der Waals surface area contributed by atoms with E-state index >= 15 is 0 Å². The van der Waals surface area contributed by atoms with Gasteiger partial charge in [0.15, 0.2) is 0 Å². The molecule has 0 aromatic heterocycles. The Morgan fingerprint density at radius 2 is 2.00 bits per heavy atom. The van der Waals surface area contributed by atoms with E-state index in [1.807, 2.05) is 24.3 Å². The molecule has 19 heavy (non-hydrogen) atoms. The molecule has 2 N–H and O–H groups in total. The highest BCUT2D eigenvalue weighted by Crippen LogP contribution is 2.16. The van der Waals surface area contributed by atoms with Crippen molar-refractivity contribution in [3.63, 3.8) is 0 Å². The monoisotopic (exact) mass is 265 g/mol. The molecular weight excluding hydrogens is 242 g/mol. The van der Waals surface area contributed by atoms with Gasteiger partial charge in [0.25, 0.3) is 0 Å². The van der Waals surface area contributed by atoms with Crippen LogP contribution in [0.5, 0.6) is 0 Å². The minimum Gasteiger partial charge on any atom is -0.481 e. The van der Waals surface area contributed by atoms with Gasteiger partial charge in [-0.05, 0) is 24.5 Å². The van der Waals surface area contributed by atoms with Crippen molar-refractivity contribution >= 4 is 5.97 Å². The van der Waals surface area contributed by atoms with Crippen LogP contribution in [0.25, 0.3) is 0 Å². The molecular formula is C15H23NO3. The number of hydrogen-bond donors (Lipinski definition) is 2. The number of ether oxygens (including phenoxy) is 1. The number of benzene rings is 1. The van der Waals surface area contributed by atoms with E-state index in [-0.39, 0.29) is 0 Å². The number of rotatable bonds is 8. The SMILES string of the molecule is CCC(COC)NCc1ccc(C(C)C(=O)O)cc1. The van der Waals surface area contributed by atoms with Crippen LogP contribution in [0, 0.1) is 0 Å². The van der Waals surface area contributed by atoms with Gasteiger partial charge in [-0.1, -0.05) is 31.2 Å². The van der Waals surface area contributed by atoms with Gasteiger partial charge in [0, 0.05) is 19.7 Å². The van der Waals surface area contributed by atoms with E-state index in [1.165, 1.54) is 0 Å². The van der Waals surface area contributed by atoms with Crippen LogP contribution in [0.2, 0.25) is 0 Å². The zero-order valence-electron chi connectivity index (χ0n) is 11.8. The highest BCUT2D eigenvalue weighted by molar-refractivity contribution is 5.75. The number of aliphatic carboxylic acids is 1. The quantitative estimate of drug-likeness (QED) is 0.757. The maximum Gasteiger partial charge on any atom is 0.310 e. The Kier molecular flexibility index (Phi) is 6.53. The van der Waals surface area contributed by atoms with Crippen molar-refractivity contribution in [1.29, 1.82) is 0 Å². The minimum atomic E-state index is -0.794. The lowest BCUT2D eigenvalue weighted by molar-refractivity contribution is -0.138. The van der Waals surface area contributed by atoms with Gasteiger partial charge in [-0.3, -0.25) is 4.79 Å². The Morgan fingerprint density at radius 1 is 1.37 bits per heavy atom. The second-order valence-electron chi connectivity index (χ2n) is 4.74. The molecule has 0 aliphatic heterocycles. The summed E-state index contributed by atoms with van der Waals surface area (Å²) in [7, 11) is 1.70. The molecule has 0 aliphatic carbocycles. The summed E-state index contributed by atoms with van der Waals surface area (Å²) in [4.78, 5) is 10.9. The number of methoxy groups -OCH3 is 1. The number of carboxylic acids is 1. The van der Waals surface area contributed by atoms with Crippen molar-refractivity contribution in [2.75, 3.05) is 13.7 Å². The predicted octanol–water partition coefficient (Wildman–Crippen LogP) is 2.39. The van der Waals surface area contributed by atoms with Crippen LogP contribution in [0.4, 0.5) is 0 Å². The maximum absolute atomic E-state index is 10.9. The van der Waals surface area contributed by atoms with E-state index in [4.69, 9.17) is 9.84 Å². The summed E-state index contributed by atoms with van der Waals surface area (Å²) in [5.74, 6) is -1.25. The molecule has 0 saturated heterocycles. The Labute approximate surface area is 114 Å². The third kappa shape index (κ3) is 5.01. The van der Waals surface area contributed by atoms with Crippen LogP contribution in [0.15, 0.2) is 24.3 Å². The fourth-order valence-corrected chi connectivity index (χ4v) is 1.85. The fraction of sp³-hybridized carbons (Fsp3) is 0.533. The van der Waals surface area contributed by atoms with Crippen molar-refractivity contribution in [2.24, 2.45) is 0 Å². The van der Waals surface area contributed by atoms with Gasteiger partial charge in [0.1, 0.15) is 0 Å². The largest absolute Gasteiger partial charge is 0.481 e. The van der Waals surface area contributed by atoms with Gasteiger partial charge < -0.3 is 15.2 Å². The molecule has 106 valence electrons. The van der Waals surface area contributed by atoms with Gasteiger partial charge in [-0.25, -0.2) is 0 Å². The third-order valence-electron chi connectivity index (χ3n) is 3.31. The first kappa shape index (κ1) is 15.7. The molecule has 0 fully saturated rings. The zero-order chi connectivity index (χ0) is 14.3. The molecule has 4 heteroatoms. The second-order valence-corrected chi connectivity index (χ2v) is 4.74. The molecule has 0 radical (unpaired) electrons. The predicted molar refractivity (Wildman–Crippen MR) is 75.3 cm³/mol. The summed E-state index contributed by atoms with van der Waals surface area (Å²) in [5, 5.41) is 12.4. The van der Waals surface area contributed by atoms with Gasteiger partial charge in [0.05, 0.1) is 12.5 Å². The first-order valence-corrected chi connectivity index (χ1v) is 6.62. The van der Waals surface area contributed by atoms with Crippen molar-refractivity contribution < 1.29 is 14.6 Å². The number of hydrogen-bond acceptors (Lipinski definition) is 3. The molecule has 0 spiro atoms. The van der Waals surface area contributed by atoms with Crippen LogP contribution in [0.1, 0.15) is 37.3 Å². The molecule has 0 saturated carbocycles. The molecule has 1 aromatic carbocycles. The molecule has 2 unspecified atom stereocenters. The van der Waals surface area contributed by atoms with E-state index in [1.54, 1.807) is 14.0 Å². The molecule has 1 aromatic rings. The first-order chi connectivity index (χ1) is 9.08. The van der Waals surface area contributed by atoms with E-state index in [2.05, 4.69) is 12.2 Å². The molecule has 4 nitrogen and oxygen atoms in total. The third-order valence-corrected chi connectivity index (χ3v) is 3.31. The summed E-state index contributed by atoms with van der Waals surface area (Å²) >= 11 is 0. The topological polar surface area (TPSA) is 58.6 Å². The lowest BCUT2D eigenvalue weighted by Gasteiger charge is -2.16. The van der Waals surface area contributed by atoms with Gasteiger partial charge in [0.2, 0.25) is 0 Å². The van der Waals surface area contributed by atoms with E-state index < -0.39 is 11.9 Å². The van der Waals surface area contributed by atoms with Crippen molar-refractivity contribution in [1.82, 2.24) is 5.32 Å². The lowest BCUT2D eigenvalue weighted by atomic mass is 10.00. The minimum absolute atomic E-state index is 0.350. The van der Waals surface area contributed by atoms with Crippen molar-refractivity contribution in [3.8, 4) is 0 Å². The molecule has 0 amide bonds. The molecule has 1 rings (SSSR count). The fourth-order valence-electron chi connectivity index (χ4n) is 1.85.